The summed E-state index contributed by atoms with van der Waals surface area (Å²) in [5, 5.41) is 3.64. The van der Waals surface area contributed by atoms with E-state index in [1.807, 2.05) is 0 Å². The SMILES string of the molecule is c1ccc2c(c1)CCNC2C1CCOC1. The molecule has 2 atom stereocenters. The maximum atomic E-state index is 5.49. The van der Waals surface area contributed by atoms with Gasteiger partial charge in [-0.3, -0.25) is 0 Å². The maximum Gasteiger partial charge on any atom is 0.0513 e. The first-order valence-electron chi connectivity index (χ1n) is 5.84. The number of nitrogens with one attached hydrogen (secondary N) is 1. The first-order valence-corrected chi connectivity index (χ1v) is 5.84. The lowest BCUT2D eigenvalue weighted by molar-refractivity contribution is 0.176. The van der Waals surface area contributed by atoms with E-state index in [1.165, 1.54) is 24.0 Å². The van der Waals surface area contributed by atoms with Crippen molar-refractivity contribution in [2.75, 3.05) is 19.8 Å². The van der Waals surface area contributed by atoms with Crippen molar-refractivity contribution in [3.05, 3.63) is 35.4 Å². The quantitative estimate of drug-likeness (QED) is 0.753. The second-order valence-corrected chi connectivity index (χ2v) is 4.50. The number of fused-ring (bicyclic) bond motifs is 1. The molecule has 80 valence electrons. The molecule has 0 aromatic heterocycles. The van der Waals surface area contributed by atoms with Crippen molar-refractivity contribution in [1.82, 2.24) is 5.32 Å². The molecular weight excluding hydrogens is 186 g/mol. The zero-order valence-corrected chi connectivity index (χ0v) is 8.91. The summed E-state index contributed by atoms with van der Waals surface area (Å²) in [7, 11) is 0. The van der Waals surface area contributed by atoms with Gasteiger partial charge in [0.15, 0.2) is 0 Å². The summed E-state index contributed by atoms with van der Waals surface area (Å²) in [4.78, 5) is 0. The van der Waals surface area contributed by atoms with Gasteiger partial charge in [0.25, 0.3) is 0 Å². The van der Waals surface area contributed by atoms with Crippen LogP contribution in [0.5, 0.6) is 0 Å². The Kier molecular flexibility index (Phi) is 2.47. The second-order valence-electron chi connectivity index (χ2n) is 4.50. The van der Waals surface area contributed by atoms with Gasteiger partial charge in [0.2, 0.25) is 0 Å². The lowest BCUT2D eigenvalue weighted by Crippen LogP contribution is -2.35. The van der Waals surface area contributed by atoms with Crippen molar-refractivity contribution in [3.63, 3.8) is 0 Å². The van der Waals surface area contributed by atoms with Gasteiger partial charge in [-0.1, -0.05) is 24.3 Å². The number of hydrogen-bond acceptors (Lipinski definition) is 2. The van der Waals surface area contributed by atoms with Crippen LogP contribution in [0.25, 0.3) is 0 Å². The third kappa shape index (κ3) is 1.68. The van der Waals surface area contributed by atoms with E-state index in [9.17, 15) is 0 Å². The highest BCUT2D eigenvalue weighted by molar-refractivity contribution is 5.32. The van der Waals surface area contributed by atoms with Gasteiger partial charge in [-0.25, -0.2) is 0 Å². The molecule has 2 nitrogen and oxygen atoms in total. The lowest BCUT2D eigenvalue weighted by atomic mass is 9.86. The highest BCUT2D eigenvalue weighted by Crippen LogP contribution is 2.32. The molecule has 3 rings (SSSR count). The van der Waals surface area contributed by atoms with Crippen LogP contribution >= 0.6 is 0 Å². The average molecular weight is 203 g/mol. The fraction of sp³-hybridized carbons (Fsp3) is 0.538. The zero-order valence-electron chi connectivity index (χ0n) is 8.91. The molecule has 2 heterocycles. The topological polar surface area (TPSA) is 21.3 Å². The number of ether oxygens (including phenoxy) is 1. The summed E-state index contributed by atoms with van der Waals surface area (Å²) < 4.78 is 5.49. The summed E-state index contributed by atoms with van der Waals surface area (Å²) in [5.74, 6) is 0.673. The van der Waals surface area contributed by atoms with Crippen LogP contribution < -0.4 is 5.32 Å². The first kappa shape index (κ1) is 9.37. The molecule has 0 radical (unpaired) electrons. The summed E-state index contributed by atoms with van der Waals surface area (Å²) in [5.41, 5.74) is 3.02. The Morgan fingerprint density at radius 2 is 2.20 bits per heavy atom. The van der Waals surface area contributed by atoms with Crippen LogP contribution in [0.4, 0.5) is 0 Å². The van der Waals surface area contributed by atoms with Crippen LogP contribution in [0.2, 0.25) is 0 Å². The molecule has 2 aliphatic rings. The van der Waals surface area contributed by atoms with Crippen molar-refractivity contribution in [2.45, 2.75) is 18.9 Å². The van der Waals surface area contributed by atoms with E-state index in [2.05, 4.69) is 29.6 Å². The Balaban J connectivity index is 1.91. The molecule has 2 aliphatic heterocycles. The molecule has 0 aliphatic carbocycles. The van der Waals surface area contributed by atoms with E-state index in [1.54, 1.807) is 0 Å². The third-order valence-corrected chi connectivity index (χ3v) is 3.59. The number of rotatable bonds is 1. The molecule has 0 amide bonds. The monoisotopic (exact) mass is 203 g/mol. The predicted octanol–water partition coefficient (Wildman–Crippen LogP) is 1.91. The predicted molar refractivity (Wildman–Crippen MR) is 59.8 cm³/mol. The Bertz CT molecular complexity index is 344. The summed E-state index contributed by atoms with van der Waals surface area (Å²) in [6.45, 7) is 2.97. The Morgan fingerprint density at radius 1 is 1.27 bits per heavy atom. The van der Waals surface area contributed by atoms with E-state index >= 15 is 0 Å². The largest absolute Gasteiger partial charge is 0.381 e. The van der Waals surface area contributed by atoms with Crippen LogP contribution in [-0.4, -0.2) is 19.8 Å². The molecule has 2 heteroatoms. The number of hydrogen-bond donors (Lipinski definition) is 1. The third-order valence-electron chi connectivity index (χ3n) is 3.59. The van der Waals surface area contributed by atoms with Crippen molar-refractivity contribution in [2.24, 2.45) is 5.92 Å². The average Bonchev–Trinajstić information content (AvgIpc) is 2.82. The molecule has 15 heavy (non-hydrogen) atoms. The van der Waals surface area contributed by atoms with Gasteiger partial charge < -0.3 is 10.1 Å². The van der Waals surface area contributed by atoms with Crippen LogP contribution in [0.15, 0.2) is 24.3 Å². The summed E-state index contributed by atoms with van der Waals surface area (Å²) >= 11 is 0. The van der Waals surface area contributed by atoms with E-state index < -0.39 is 0 Å². The molecular formula is C13H17NO. The Morgan fingerprint density at radius 3 is 3.07 bits per heavy atom. The molecule has 1 aromatic rings. The first-order chi connectivity index (χ1) is 7.45. The van der Waals surface area contributed by atoms with Gasteiger partial charge in [0.05, 0.1) is 6.61 Å². The highest BCUT2D eigenvalue weighted by atomic mass is 16.5. The van der Waals surface area contributed by atoms with Crippen LogP contribution in [0, 0.1) is 5.92 Å². The Labute approximate surface area is 90.6 Å². The Hall–Kier alpha value is -0.860. The van der Waals surface area contributed by atoms with Crippen molar-refractivity contribution >= 4 is 0 Å². The van der Waals surface area contributed by atoms with Crippen LogP contribution in [0.1, 0.15) is 23.6 Å². The van der Waals surface area contributed by atoms with E-state index in [0.717, 1.165) is 19.8 Å². The minimum absolute atomic E-state index is 0.525. The minimum Gasteiger partial charge on any atom is -0.381 e. The normalized spacial score (nSPS) is 30.1. The molecule has 1 aromatic carbocycles. The van der Waals surface area contributed by atoms with Crippen molar-refractivity contribution in [3.8, 4) is 0 Å². The van der Waals surface area contributed by atoms with E-state index in [-0.39, 0.29) is 0 Å². The van der Waals surface area contributed by atoms with Crippen LogP contribution in [-0.2, 0) is 11.2 Å². The van der Waals surface area contributed by atoms with Gasteiger partial charge in [0.1, 0.15) is 0 Å². The van der Waals surface area contributed by atoms with Gasteiger partial charge in [-0.15, -0.1) is 0 Å². The van der Waals surface area contributed by atoms with Gasteiger partial charge in [-0.2, -0.15) is 0 Å². The summed E-state index contributed by atoms with van der Waals surface area (Å²) in [6.07, 6.45) is 2.37. The molecule has 0 bridgehead atoms. The molecule has 1 fully saturated rings. The summed E-state index contributed by atoms with van der Waals surface area (Å²) in [6, 6.07) is 9.35. The van der Waals surface area contributed by atoms with Crippen molar-refractivity contribution in [1.29, 1.82) is 0 Å². The number of benzene rings is 1. The molecule has 2 unspecified atom stereocenters. The zero-order chi connectivity index (χ0) is 10.1. The van der Waals surface area contributed by atoms with Gasteiger partial charge in [-0.05, 0) is 30.5 Å². The van der Waals surface area contributed by atoms with Gasteiger partial charge in [0, 0.05) is 18.6 Å². The maximum absolute atomic E-state index is 5.49. The van der Waals surface area contributed by atoms with Crippen LogP contribution in [0.3, 0.4) is 0 Å². The van der Waals surface area contributed by atoms with Crippen molar-refractivity contribution < 1.29 is 4.74 Å². The van der Waals surface area contributed by atoms with Gasteiger partial charge >= 0.3 is 0 Å². The fourth-order valence-corrected chi connectivity index (χ4v) is 2.77. The van der Waals surface area contributed by atoms with E-state index in [0.29, 0.717) is 12.0 Å². The second kappa shape index (κ2) is 3.95. The molecule has 1 N–H and O–H groups in total. The molecule has 0 spiro atoms. The molecule has 0 saturated carbocycles. The smallest absolute Gasteiger partial charge is 0.0513 e. The lowest BCUT2D eigenvalue weighted by Gasteiger charge is -2.30. The highest BCUT2D eigenvalue weighted by Gasteiger charge is 2.29. The standard InChI is InChI=1S/C13H17NO/c1-2-4-12-10(3-1)5-7-14-13(12)11-6-8-15-9-11/h1-4,11,13-14H,5-9H2. The fourth-order valence-electron chi connectivity index (χ4n) is 2.77. The molecule has 1 saturated heterocycles. The minimum atomic E-state index is 0.525. The van der Waals surface area contributed by atoms with E-state index in [4.69, 9.17) is 4.74 Å².